The summed E-state index contributed by atoms with van der Waals surface area (Å²) in [5.74, 6) is 0.108. The zero-order valence-electron chi connectivity index (χ0n) is 10.2. The van der Waals surface area contributed by atoms with E-state index in [4.69, 9.17) is 21.1 Å². The minimum Gasteiger partial charge on any atom is -0.382 e. The molecular weight excluding hydrogens is 242 g/mol. The molecule has 2 bridgehead atoms. The number of fused-ring (bicyclic) bond motifs is 2. The third-order valence-corrected chi connectivity index (χ3v) is 3.98. The van der Waals surface area contributed by atoms with Crippen LogP contribution in [0.1, 0.15) is 25.7 Å². The number of hydrogen-bond donors (Lipinski definition) is 0. The second-order valence-corrected chi connectivity index (χ2v) is 5.42. The van der Waals surface area contributed by atoms with E-state index >= 15 is 0 Å². The molecule has 2 fully saturated rings. The molecule has 0 aliphatic carbocycles. The summed E-state index contributed by atoms with van der Waals surface area (Å²) in [6.45, 7) is 1.18. The lowest BCUT2D eigenvalue weighted by atomic mass is 10.0. The van der Waals surface area contributed by atoms with Gasteiger partial charge in [-0.1, -0.05) is 0 Å². The number of piperidine rings is 1. The van der Waals surface area contributed by atoms with Crippen LogP contribution in [0.5, 0.6) is 0 Å². The fourth-order valence-corrected chi connectivity index (χ4v) is 3.31. The van der Waals surface area contributed by atoms with Gasteiger partial charge in [-0.2, -0.15) is 0 Å². The highest BCUT2D eigenvalue weighted by Crippen LogP contribution is 2.37. The third-order valence-electron chi connectivity index (χ3n) is 3.62. The Bertz CT molecular complexity index is 260. The van der Waals surface area contributed by atoms with Crippen LogP contribution in [-0.2, 0) is 14.3 Å². The average molecular weight is 262 g/mol. The molecule has 2 saturated heterocycles. The molecule has 2 aliphatic heterocycles. The van der Waals surface area contributed by atoms with E-state index < -0.39 is 0 Å². The number of carbonyl (C=O) groups excluding carboxylic acids is 1. The zero-order chi connectivity index (χ0) is 12.3. The van der Waals surface area contributed by atoms with Crippen molar-refractivity contribution >= 4 is 17.5 Å². The molecule has 0 saturated carbocycles. The van der Waals surface area contributed by atoms with Crippen molar-refractivity contribution < 1.29 is 14.3 Å². The summed E-state index contributed by atoms with van der Waals surface area (Å²) in [4.78, 5) is 14.1. The fraction of sp³-hybridized carbons (Fsp3) is 0.917. The van der Waals surface area contributed by atoms with Crippen molar-refractivity contribution in [3.63, 3.8) is 0 Å². The van der Waals surface area contributed by atoms with Crippen molar-refractivity contribution in [1.29, 1.82) is 0 Å². The minimum absolute atomic E-state index is 0.108. The van der Waals surface area contributed by atoms with Crippen molar-refractivity contribution in [3.8, 4) is 0 Å². The van der Waals surface area contributed by atoms with E-state index in [2.05, 4.69) is 0 Å². The SMILES string of the molecule is COCCOCC(=O)N1C2CCC1CC(Cl)C2. The molecule has 0 aromatic carbocycles. The molecule has 4 nitrogen and oxygen atoms in total. The molecule has 2 aliphatic rings. The van der Waals surface area contributed by atoms with Crippen LogP contribution in [0, 0.1) is 0 Å². The zero-order valence-corrected chi connectivity index (χ0v) is 11.0. The van der Waals surface area contributed by atoms with Gasteiger partial charge in [0.2, 0.25) is 5.91 Å². The van der Waals surface area contributed by atoms with Crippen LogP contribution < -0.4 is 0 Å². The van der Waals surface area contributed by atoms with Crippen LogP contribution in [-0.4, -0.2) is 55.2 Å². The second kappa shape index (κ2) is 6.03. The first kappa shape index (κ1) is 13.1. The maximum atomic E-state index is 12.0. The van der Waals surface area contributed by atoms with Gasteiger partial charge in [0, 0.05) is 24.6 Å². The molecule has 2 atom stereocenters. The lowest BCUT2D eigenvalue weighted by molar-refractivity contribution is -0.140. The third kappa shape index (κ3) is 3.12. The van der Waals surface area contributed by atoms with Crippen molar-refractivity contribution in [2.75, 3.05) is 26.9 Å². The van der Waals surface area contributed by atoms with Gasteiger partial charge in [-0.15, -0.1) is 11.6 Å². The number of alkyl halides is 1. The summed E-state index contributed by atoms with van der Waals surface area (Å²) in [6, 6.07) is 0.685. The number of methoxy groups -OCH3 is 1. The van der Waals surface area contributed by atoms with E-state index in [1.807, 2.05) is 4.90 Å². The van der Waals surface area contributed by atoms with Gasteiger partial charge in [-0.3, -0.25) is 4.79 Å². The van der Waals surface area contributed by atoms with Crippen LogP contribution in [0.25, 0.3) is 0 Å². The second-order valence-electron chi connectivity index (χ2n) is 4.80. The molecule has 98 valence electrons. The number of halogens is 1. The van der Waals surface area contributed by atoms with Crippen LogP contribution >= 0.6 is 11.6 Å². The Balaban J connectivity index is 1.80. The molecule has 2 rings (SSSR count). The van der Waals surface area contributed by atoms with Gasteiger partial charge >= 0.3 is 0 Å². The summed E-state index contributed by atoms with van der Waals surface area (Å²) in [5, 5.41) is 0.242. The summed E-state index contributed by atoms with van der Waals surface area (Å²) >= 11 is 6.18. The fourth-order valence-electron chi connectivity index (χ4n) is 2.89. The van der Waals surface area contributed by atoms with Gasteiger partial charge < -0.3 is 14.4 Å². The largest absolute Gasteiger partial charge is 0.382 e. The number of hydrogen-bond acceptors (Lipinski definition) is 3. The Morgan fingerprint density at radius 2 is 1.94 bits per heavy atom. The van der Waals surface area contributed by atoms with E-state index in [1.165, 1.54) is 0 Å². The quantitative estimate of drug-likeness (QED) is 0.555. The van der Waals surface area contributed by atoms with Gasteiger partial charge in [-0.05, 0) is 25.7 Å². The lowest BCUT2D eigenvalue weighted by Gasteiger charge is -2.37. The molecule has 0 N–H and O–H groups in total. The maximum absolute atomic E-state index is 12.0. The van der Waals surface area contributed by atoms with Crippen LogP contribution in [0.3, 0.4) is 0 Å². The van der Waals surface area contributed by atoms with Crippen molar-refractivity contribution in [1.82, 2.24) is 4.90 Å². The van der Waals surface area contributed by atoms with Crippen LogP contribution in [0.4, 0.5) is 0 Å². The highest BCUT2D eigenvalue weighted by molar-refractivity contribution is 6.20. The van der Waals surface area contributed by atoms with Gasteiger partial charge in [0.25, 0.3) is 0 Å². The normalized spacial score (nSPS) is 31.9. The first-order valence-corrected chi connectivity index (χ1v) is 6.68. The van der Waals surface area contributed by atoms with E-state index in [1.54, 1.807) is 7.11 Å². The Morgan fingerprint density at radius 1 is 1.29 bits per heavy atom. The van der Waals surface area contributed by atoms with E-state index in [9.17, 15) is 4.79 Å². The molecule has 0 aromatic rings. The Morgan fingerprint density at radius 3 is 2.53 bits per heavy atom. The molecule has 17 heavy (non-hydrogen) atoms. The average Bonchev–Trinajstić information content (AvgIpc) is 2.57. The number of rotatable bonds is 5. The molecular formula is C12H20ClNO3. The highest BCUT2D eigenvalue weighted by atomic mass is 35.5. The highest BCUT2D eigenvalue weighted by Gasteiger charge is 2.42. The van der Waals surface area contributed by atoms with E-state index in [0.717, 1.165) is 25.7 Å². The molecule has 1 amide bonds. The van der Waals surface area contributed by atoms with Crippen LogP contribution in [0.15, 0.2) is 0 Å². The van der Waals surface area contributed by atoms with Gasteiger partial charge in [0.15, 0.2) is 0 Å². The molecule has 2 unspecified atom stereocenters. The van der Waals surface area contributed by atoms with E-state index in [-0.39, 0.29) is 17.9 Å². The first-order chi connectivity index (χ1) is 8.22. The summed E-state index contributed by atoms with van der Waals surface area (Å²) < 4.78 is 10.2. The summed E-state index contributed by atoms with van der Waals surface area (Å²) in [7, 11) is 1.62. The Kier molecular flexibility index (Phi) is 4.65. The first-order valence-electron chi connectivity index (χ1n) is 6.24. The molecule has 5 heteroatoms. The number of amides is 1. The molecule has 2 heterocycles. The van der Waals surface area contributed by atoms with Gasteiger partial charge in [0.1, 0.15) is 6.61 Å². The topological polar surface area (TPSA) is 38.8 Å². The lowest BCUT2D eigenvalue weighted by Crippen LogP contribution is -2.48. The van der Waals surface area contributed by atoms with Crippen LogP contribution in [0.2, 0.25) is 0 Å². The summed E-state index contributed by atoms with van der Waals surface area (Å²) in [5.41, 5.74) is 0. The smallest absolute Gasteiger partial charge is 0.249 e. The van der Waals surface area contributed by atoms with Crippen molar-refractivity contribution in [3.05, 3.63) is 0 Å². The van der Waals surface area contributed by atoms with Gasteiger partial charge in [0.05, 0.1) is 13.2 Å². The predicted molar refractivity (Wildman–Crippen MR) is 65.2 cm³/mol. The standard InChI is InChI=1S/C12H20ClNO3/c1-16-4-5-17-8-12(15)14-10-2-3-11(14)7-9(13)6-10/h9-11H,2-8H2,1H3. The number of nitrogens with zero attached hydrogens (tertiary/aromatic N) is 1. The number of carbonyl (C=O) groups is 1. The molecule has 0 spiro atoms. The monoisotopic (exact) mass is 261 g/mol. The predicted octanol–water partition coefficient (Wildman–Crippen LogP) is 1.41. The van der Waals surface area contributed by atoms with E-state index in [0.29, 0.717) is 25.3 Å². The Hall–Kier alpha value is -0.320. The van der Waals surface area contributed by atoms with Crippen molar-refractivity contribution in [2.45, 2.75) is 43.1 Å². The Labute approximate surface area is 107 Å². The minimum atomic E-state index is 0.108. The van der Waals surface area contributed by atoms with Gasteiger partial charge in [-0.25, -0.2) is 0 Å². The molecule has 0 aromatic heterocycles. The van der Waals surface area contributed by atoms with Crippen molar-refractivity contribution in [2.24, 2.45) is 0 Å². The summed E-state index contributed by atoms with van der Waals surface area (Å²) in [6.07, 6.45) is 4.05. The molecule has 0 radical (unpaired) electrons. The maximum Gasteiger partial charge on any atom is 0.249 e. The number of ether oxygens (including phenoxy) is 2.